The average molecular weight is 337 g/mol. The van der Waals surface area contributed by atoms with E-state index in [1.165, 1.54) is 0 Å². The summed E-state index contributed by atoms with van der Waals surface area (Å²) in [7, 11) is 0. The number of β-amino-alcohol motifs (C(OH)–C–C–N with tert-alkyl or cyclic N) is 1. The number of nitrogens with one attached hydrogen (secondary N) is 1. The van der Waals surface area contributed by atoms with E-state index in [1.54, 1.807) is 0 Å². The first kappa shape index (κ1) is 14.6. The number of aliphatic hydroxyl groups excluding tert-OH is 1. The van der Waals surface area contributed by atoms with Crippen molar-refractivity contribution in [3.63, 3.8) is 0 Å². The summed E-state index contributed by atoms with van der Waals surface area (Å²) in [4.78, 5) is 9.95. The first-order valence-electron chi connectivity index (χ1n) is 8.54. The van der Waals surface area contributed by atoms with Crippen molar-refractivity contribution in [2.45, 2.75) is 18.4 Å². The lowest BCUT2D eigenvalue weighted by Gasteiger charge is -2.37. The fourth-order valence-electron chi connectivity index (χ4n) is 3.77. The number of H-pyrrole nitrogens is 1. The number of benzene rings is 1. The van der Waals surface area contributed by atoms with E-state index in [-0.39, 0.29) is 12.7 Å². The minimum atomic E-state index is -0.449. The summed E-state index contributed by atoms with van der Waals surface area (Å²) in [6.07, 6.45) is 2.31. The van der Waals surface area contributed by atoms with Crippen molar-refractivity contribution in [3.8, 4) is 11.5 Å². The first-order valence-corrected chi connectivity index (χ1v) is 8.54. The second-order valence-electron chi connectivity index (χ2n) is 6.61. The lowest BCUT2D eigenvalue weighted by atomic mass is 9.87. The number of hydrogen-bond acceptors (Lipinski definition) is 5. The van der Waals surface area contributed by atoms with Gasteiger partial charge in [-0.2, -0.15) is 0 Å². The molecule has 25 heavy (non-hydrogen) atoms. The molecule has 5 rings (SSSR count). The SMILES string of the molecule is O[C@@H]1CN(c2ccc3cc[nH]c3n2)CC[C@H]1c1ccc2c(c1)OCO2. The molecular weight excluding hydrogens is 318 g/mol. The molecule has 128 valence electrons. The molecule has 2 N–H and O–H groups in total. The second-order valence-corrected chi connectivity index (χ2v) is 6.61. The molecule has 0 spiro atoms. The topological polar surface area (TPSA) is 70.6 Å². The fraction of sp³-hybridized carbons (Fsp3) is 0.316. The summed E-state index contributed by atoms with van der Waals surface area (Å²) >= 11 is 0. The first-order chi connectivity index (χ1) is 12.3. The Kier molecular flexibility index (Phi) is 3.31. The van der Waals surface area contributed by atoms with Gasteiger partial charge in [-0.15, -0.1) is 0 Å². The number of aromatic amines is 1. The number of piperidine rings is 1. The van der Waals surface area contributed by atoms with Gasteiger partial charge in [-0.05, 0) is 42.3 Å². The molecule has 0 radical (unpaired) electrons. The average Bonchev–Trinajstić information content (AvgIpc) is 3.29. The summed E-state index contributed by atoms with van der Waals surface area (Å²) in [5, 5.41) is 11.8. The molecule has 3 aromatic rings. The molecule has 1 fully saturated rings. The van der Waals surface area contributed by atoms with E-state index in [4.69, 9.17) is 9.47 Å². The number of fused-ring (bicyclic) bond motifs is 2. The number of aromatic nitrogens is 2. The maximum Gasteiger partial charge on any atom is 0.231 e. The van der Waals surface area contributed by atoms with Gasteiger partial charge in [0.05, 0.1) is 6.10 Å². The number of hydrogen-bond donors (Lipinski definition) is 2. The van der Waals surface area contributed by atoms with Crippen molar-refractivity contribution in [3.05, 3.63) is 48.2 Å². The predicted molar refractivity (Wildman–Crippen MR) is 94.2 cm³/mol. The van der Waals surface area contributed by atoms with Gasteiger partial charge in [0.15, 0.2) is 11.5 Å². The molecule has 2 aliphatic heterocycles. The van der Waals surface area contributed by atoms with Crippen LogP contribution in [0, 0.1) is 0 Å². The molecule has 0 unspecified atom stereocenters. The summed E-state index contributed by atoms with van der Waals surface area (Å²) in [5.74, 6) is 2.54. The Hall–Kier alpha value is -2.73. The third kappa shape index (κ3) is 2.49. The van der Waals surface area contributed by atoms with Crippen LogP contribution in [0.5, 0.6) is 11.5 Å². The van der Waals surface area contributed by atoms with Crippen LogP contribution < -0.4 is 14.4 Å². The zero-order valence-corrected chi connectivity index (χ0v) is 13.7. The molecule has 6 nitrogen and oxygen atoms in total. The molecule has 0 amide bonds. The molecular formula is C19H19N3O3. The van der Waals surface area contributed by atoms with Gasteiger partial charge in [0, 0.05) is 30.6 Å². The van der Waals surface area contributed by atoms with Crippen LogP contribution in [0.3, 0.4) is 0 Å². The van der Waals surface area contributed by atoms with Crippen molar-refractivity contribution in [2.75, 3.05) is 24.8 Å². The maximum atomic E-state index is 10.7. The van der Waals surface area contributed by atoms with Crippen molar-refractivity contribution >= 4 is 16.9 Å². The number of ether oxygens (including phenoxy) is 2. The van der Waals surface area contributed by atoms with Crippen LogP contribution in [-0.2, 0) is 0 Å². The third-order valence-electron chi connectivity index (χ3n) is 5.13. The highest BCUT2D eigenvalue weighted by molar-refractivity contribution is 5.77. The third-order valence-corrected chi connectivity index (χ3v) is 5.13. The standard InChI is InChI=1S/C19H19N3O3/c23-15-10-22(18-4-2-12-5-7-20-19(12)21-18)8-6-14(15)13-1-3-16-17(9-13)25-11-24-16/h1-5,7,9,14-15,23H,6,8,10-11H2,(H,20,21)/t14-,15+/m0/s1. The minimum Gasteiger partial charge on any atom is -0.454 e. The van der Waals surface area contributed by atoms with Gasteiger partial charge >= 0.3 is 0 Å². The van der Waals surface area contributed by atoms with Crippen molar-refractivity contribution in [1.29, 1.82) is 0 Å². The second kappa shape index (κ2) is 5.67. The van der Waals surface area contributed by atoms with Gasteiger partial charge in [0.2, 0.25) is 6.79 Å². The van der Waals surface area contributed by atoms with E-state index < -0.39 is 6.10 Å². The number of pyridine rings is 1. The van der Waals surface area contributed by atoms with E-state index in [9.17, 15) is 5.11 Å². The van der Waals surface area contributed by atoms with Gasteiger partial charge in [0.1, 0.15) is 11.5 Å². The molecule has 2 atom stereocenters. The highest BCUT2D eigenvalue weighted by Gasteiger charge is 2.30. The lowest BCUT2D eigenvalue weighted by molar-refractivity contribution is 0.129. The van der Waals surface area contributed by atoms with E-state index >= 15 is 0 Å². The molecule has 4 heterocycles. The Balaban J connectivity index is 1.36. The number of rotatable bonds is 2. The Labute approximate surface area is 145 Å². The fourth-order valence-corrected chi connectivity index (χ4v) is 3.77. The Morgan fingerprint density at radius 3 is 2.96 bits per heavy atom. The van der Waals surface area contributed by atoms with Gasteiger partial charge < -0.3 is 24.5 Å². The van der Waals surface area contributed by atoms with E-state index in [0.717, 1.165) is 46.9 Å². The van der Waals surface area contributed by atoms with E-state index in [2.05, 4.69) is 20.9 Å². The molecule has 0 aliphatic carbocycles. The normalized spacial score (nSPS) is 22.5. The monoisotopic (exact) mass is 337 g/mol. The molecule has 0 bridgehead atoms. The van der Waals surface area contributed by atoms with E-state index in [0.29, 0.717) is 6.54 Å². The predicted octanol–water partition coefficient (Wildman–Crippen LogP) is 2.65. The highest BCUT2D eigenvalue weighted by Crippen LogP contribution is 2.38. The Bertz CT molecular complexity index is 923. The molecule has 2 aliphatic rings. The quantitative estimate of drug-likeness (QED) is 0.752. The molecule has 6 heteroatoms. The van der Waals surface area contributed by atoms with Gasteiger partial charge in [-0.25, -0.2) is 4.98 Å². The molecule has 2 aromatic heterocycles. The van der Waals surface area contributed by atoms with Gasteiger partial charge in [-0.3, -0.25) is 0 Å². The van der Waals surface area contributed by atoms with Gasteiger partial charge in [0.25, 0.3) is 0 Å². The van der Waals surface area contributed by atoms with Crippen molar-refractivity contribution < 1.29 is 14.6 Å². The summed E-state index contributed by atoms with van der Waals surface area (Å²) in [5.41, 5.74) is 1.98. The van der Waals surface area contributed by atoms with Crippen LogP contribution in [0.4, 0.5) is 5.82 Å². The number of aliphatic hydroxyl groups is 1. The van der Waals surface area contributed by atoms with Crippen LogP contribution in [-0.4, -0.2) is 41.1 Å². The molecule has 1 saturated heterocycles. The molecule has 1 aromatic carbocycles. The van der Waals surface area contributed by atoms with E-state index in [1.807, 2.05) is 36.5 Å². The zero-order valence-electron chi connectivity index (χ0n) is 13.7. The summed E-state index contributed by atoms with van der Waals surface area (Å²) in [6, 6.07) is 12.0. The highest BCUT2D eigenvalue weighted by atomic mass is 16.7. The smallest absolute Gasteiger partial charge is 0.231 e. The zero-order chi connectivity index (χ0) is 16.8. The van der Waals surface area contributed by atoms with Crippen LogP contribution in [0.15, 0.2) is 42.6 Å². The van der Waals surface area contributed by atoms with Gasteiger partial charge in [-0.1, -0.05) is 6.07 Å². The lowest BCUT2D eigenvalue weighted by Crippen LogP contribution is -2.43. The largest absolute Gasteiger partial charge is 0.454 e. The van der Waals surface area contributed by atoms with Crippen LogP contribution >= 0.6 is 0 Å². The summed E-state index contributed by atoms with van der Waals surface area (Å²) in [6.45, 7) is 1.69. The van der Waals surface area contributed by atoms with Crippen LogP contribution in [0.1, 0.15) is 17.9 Å². The number of anilines is 1. The van der Waals surface area contributed by atoms with Crippen molar-refractivity contribution in [1.82, 2.24) is 9.97 Å². The van der Waals surface area contributed by atoms with Crippen molar-refractivity contribution in [2.24, 2.45) is 0 Å². The number of nitrogens with zero attached hydrogens (tertiary/aromatic N) is 2. The van der Waals surface area contributed by atoms with Crippen LogP contribution in [0.2, 0.25) is 0 Å². The summed E-state index contributed by atoms with van der Waals surface area (Å²) < 4.78 is 10.8. The Morgan fingerprint density at radius 1 is 1.12 bits per heavy atom. The van der Waals surface area contributed by atoms with Crippen LogP contribution in [0.25, 0.3) is 11.0 Å². The molecule has 0 saturated carbocycles. The minimum absolute atomic E-state index is 0.0972. The Morgan fingerprint density at radius 2 is 2.04 bits per heavy atom. The maximum absolute atomic E-state index is 10.7.